The maximum absolute atomic E-state index is 12.3. The van der Waals surface area contributed by atoms with Crippen molar-refractivity contribution in [3.63, 3.8) is 0 Å². The second kappa shape index (κ2) is 10.3. The van der Waals surface area contributed by atoms with E-state index >= 15 is 0 Å². The smallest absolute Gasteiger partial charge is 0.259 e. The molecular weight excluding hydrogens is 458 g/mol. The molecule has 1 heterocycles. The van der Waals surface area contributed by atoms with Crippen molar-refractivity contribution < 1.29 is 13.2 Å². The lowest BCUT2D eigenvalue weighted by Crippen LogP contribution is -2.28. The average Bonchev–Trinajstić information content (AvgIpc) is 3.36. The molecule has 2 unspecified atom stereocenters. The molecule has 1 N–H and O–H groups in total. The molecule has 0 spiro atoms. The van der Waals surface area contributed by atoms with Gasteiger partial charge in [0.2, 0.25) is 0 Å². The van der Waals surface area contributed by atoms with E-state index in [9.17, 15) is 8.42 Å². The molecule has 1 aromatic heterocycles. The Labute approximate surface area is 201 Å². The lowest BCUT2D eigenvalue weighted by atomic mass is 9.84. The number of benzene rings is 2. The van der Waals surface area contributed by atoms with Gasteiger partial charge in [-0.3, -0.25) is 0 Å². The lowest BCUT2D eigenvalue weighted by Gasteiger charge is -2.21. The molecule has 3 aromatic rings. The van der Waals surface area contributed by atoms with Crippen LogP contribution < -0.4 is 9.46 Å². The number of nitrogens with zero attached hydrogens (tertiary/aromatic N) is 2. The fraction of sp³-hybridized carbons (Fsp3) is 0.400. The van der Waals surface area contributed by atoms with Crippen molar-refractivity contribution in [3.05, 3.63) is 76.7 Å². The summed E-state index contributed by atoms with van der Waals surface area (Å²) in [7, 11) is -1.91. The van der Waals surface area contributed by atoms with Crippen LogP contribution in [0.5, 0.6) is 5.75 Å². The molecule has 1 aliphatic rings. The van der Waals surface area contributed by atoms with Crippen LogP contribution in [0.15, 0.2) is 60.0 Å². The Kier molecular flexibility index (Phi) is 7.41. The normalized spacial score (nSPS) is 17.8. The molecule has 0 bridgehead atoms. The minimum absolute atomic E-state index is 0.00774. The largest absolute Gasteiger partial charge is 0.492 e. The van der Waals surface area contributed by atoms with Gasteiger partial charge in [0.05, 0.1) is 6.33 Å². The predicted molar refractivity (Wildman–Crippen MR) is 130 cm³/mol. The first-order valence-electron chi connectivity index (χ1n) is 11.3. The number of ether oxygens (including phenoxy) is 1. The zero-order chi connectivity index (χ0) is 23.4. The van der Waals surface area contributed by atoms with Gasteiger partial charge in [0.25, 0.3) is 10.0 Å². The summed E-state index contributed by atoms with van der Waals surface area (Å²) >= 11 is 6.22. The molecule has 1 aliphatic carbocycles. The summed E-state index contributed by atoms with van der Waals surface area (Å²) in [6, 6.07) is 14.4. The van der Waals surface area contributed by atoms with Crippen molar-refractivity contribution in [1.29, 1.82) is 0 Å². The Hall–Kier alpha value is -2.35. The van der Waals surface area contributed by atoms with E-state index in [2.05, 4.69) is 40.9 Å². The number of hydrogen-bond acceptors (Lipinski definition) is 4. The number of aryl methyl sites for hydroxylation is 1. The Morgan fingerprint density at radius 3 is 2.82 bits per heavy atom. The van der Waals surface area contributed by atoms with Gasteiger partial charge in [-0.15, -0.1) is 0 Å². The standard InChI is InChI=1S/C25H30ClN3O3S/c1-3-5-19-14-20-8-9-22(15-24(20)23(19)13-18-6-4-7-21(26)12-18)32-11-10-28-33(30,31)25-16-29(2)17-27-25/h4,6-9,12,15-17,19,23,28H,3,5,10-11,13-14H2,1-2H3. The van der Waals surface area contributed by atoms with Gasteiger partial charge in [-0.2, -0.15) is 0 Å². The zero-order valence-electron chi connectivity index (χ0n) is 19.0. The predicted octanol–water partition coefficient (Wildman–Crippen LogP) is 4.73. The molecule has 0 radical (unpaired) electrons. The SMILES string of the molecule is CCCC1Cc2ccc(OCCNS(=O)(=O)c3cn(C)cn3)cc2C1Cc1cccc(Cl)c1. The van der Waals surface area contributed by atoms with Crippen molar-refractivity contribution >= 4 is 21.6 Å². The van der Waals surface area contributed by atoms with Crippen LogP contribution in [-0.2, 0) is 29.9 Å². The van der Waals surface area contributed by atoms with Crippen LogP contribution in [-0.4, -0.2) is 31.1 Å². The first-order valence-corrected chi connectivity index (χ1v) is 13.2. The Bertz CT molecular complexity index is 1210. The summed E-state index contributed by atoms with van der Waals surface area (Å²) < 4.78 is 34.6. The minimum Gasteiger partial charge on any atom is -0.492 e. The Morgan fingerprint density at radius 1 is 1.24 bits per heavy atom. The van der Waals surface area contributed by atoms with Gasteiger partial charge in [-0.25, -0.2) is 18.1 Å². The summed E-state index contributed by atoms with van der Waals surface area (Å²) in [4.78, 5) is 3.90. The molecule has 0 fully saturated rings. The first-order chi connectivity index (χ1) is 15.9. The average molecular weight is 488 g/mol. The summed E-state index contributed by atoms with van der Waals surface area (Å²) in [5, 5.41) is 0.774. The van der Waals surface area contributed by atoms with Crippen molar-refractivity contribution in [2.45, 2.75) is 43.6 Å². The second-order valence-corrected chi connectivity index (χ2v) is 10.8. The van der Waals surface area contributed by atoms with Crippen LogP contribution in [0.1, 0.15) is 42.4 Å². The van der Waals surface area contributed by atoms with Gasteiger partial charge < -0.3 is 9.30 Å². The number of imidazole rings is 1. The second-order valence-electron chi connectivity index (χ2n) is 8.68. The molecule has 8 heteroatoms. The van der Waals surface area contributed by atoms with E-state index < -0.39 is 10.0 Å². The Morgan fingerprint density at radius 2 is 2.09 bits per heavy atom. The highest BCUT2D eigenvalue weighted by Crippen LogP contribution is 2.43. The van der Waals surface area contributed by atoms with E-state index in [0.717, 1.165) is 30.0 Å². The fourth-order valence-electron chi connectivity index (χ4n) is 4.69. The van der Waals surface area contributed by atoms with Gasteiger partial charge in [-0.1, -0.05) is 43.1 Å². The third-order valence-corrected chi connectivity index (χ3v) is 7.77. The third kappa shape index (κ3) is 5.78. The molecule has 0 amide bonds. The lowest BCUT2D eigenvalue weighted by molar-refractivity contribution is 0.322. The molecule has 0 aliphatic heterocycles. The highest BCUT2D eigenvalue weighted by molar-refractivity contribution is 7.89. The number of fused-ring (bicyclic) bond motifs is 1. The first kappa shape index (κ1) is 23.8. The highest BCUT2D eigenvalue weighted by atomic mass is 35.5. The van der Waals surface area contributed by atoms with E-state index in [1.807, 2.05) is 18.2 Å². The number of hydrogen-bond donors (Lipinski definition) is 1. The molecule has 0 saturated carbocycles. The monoisotopic (exact) mass is 487 g/mol. The number of sulfonamides is 1. The van der Waals surface area contributed by atoms with Crippen molar-refractivity contribution in [2.24, 2.45) is 13.0 Å². The molecule has 4 rings (SSSR count). The van der Waals surface area contributed by atoms with Crippen LogP contribution in [0.2, 0.25) is 5.02 Å². The summed E-state index contributed by atoms with van der Waals surface area (Å²) in [6.07, 6.45) is 7.30. The van der Waals surface area contributed by atoms with E-state index in [4.69, 9.17) is 16.3 Å². The maximum atomic E-state index is 12.3. The van der Waals surface area contributed by atoms with Gasteiger partial charge in [0.1, 0.15) is 12.4 Å². The van der Waals surface area contributed by atoms with E-state index in [0.29, 0.717) is 11.8 Å². The molecule has 33 heavy (non-hydrogen) atoms. The van der Waals surface area contributed by atoms with Gasteiger partial charge in [0, 0.05) is 24.8 Å². The van der Waals surface area contributed by atoms with Gasteiger partial charge in [-0.05, 0) is 72.1 Å². The Balaban J connectivity index is 1.42. The van der Waals surface area contributed by atoms with Crippen molar-refractivity contribution in [2.75, 3.05) is 13.2 Å². The molecular formula is C25H30ClN3O3S. The van der Waals surface area contributed by atoms with Crippen LogP contribution in [0.3, 0.4) is 0 Å². The van der Waals surface area contributed by atoms with E-state index in [1.54, 1.807) is 11.6 Å². The van der Waals surface area contributed by atoms with Crippen molar-refractivity contribution in [3.8, 4) is 5.75 Å². The van der Waals surface area contributed by atoms with Gasteiger partial charge >= 0.3 is 0 Å². The van der Waals surface area contributed by atoms with E-state index in [-0.39, 0.29) is 18.2 Å². The molecule has 2 atom stereocenters. The van der Waals surface area contributed by atoms with Crippen LogP contribution in [0.25, 0.3) is 0 Å². The number of aromatic nitrogens is 2. The molecule has 0 saturated heterocycles. The topological polar surface area (TPSA) is 73.2 Å². The van der Waals surface area contributed by atoms with Crippen LogP contribution in [0.4, 0.5) is 0 Å². The number of rotatable bonds is 10. The zero-order valence-corrected chi connectivity index (χ0v) is 20.6. The van der Waals surface area contributed by atoms with Crippen molar-refractivity contribution in [1.82, 2.24) is 14.3 Å². The highest BCUT2D eigenvalue weighted by Gasteiger charge is 2.32. The quantitative estimate of drug-likeness (QED) is 0.419. The number of halogens is 1. The number of nitrogens with one attached hydrogen (secondary N) is 1. The minimum atomic E-state index is -3.64. The van der Waals surface area contributed by atoms with Gasteiger partial charge in [0.15, 0.2) is 5.03 Å². The summed E-state index contributed by atoms with van der Waals surface area (Å²) in [5.74, 6) is 1.79. The summed E-state index contributed by atoms with van der Waals surface area (Å²) in [6.45, 7) is 2.64. The fourth-order valence-corrected chi connectivity index (χ4v) is 5.89. The van der Waals surface area contributed by atoms with Crippen LogP contribution in [0, 0.1) is 5.92 Å². The van der Waals surface area contributed by atoms with Crippen LogP contribution >= 0.6 is 11.6 Å². The molecule has 176 valence electrons. The maximum Gasteiger partial charge on any atom is 0.259 e. The molecule has 6 nitrogen and oxygen atoms in total. The summed E-state index contributed by atoms with van der Waals surface area (Å²) in [5.41, 5.74) is 3.96. The third-order valence-electron chi connectivity index (χ3n) is 6.19. The van der Waals surface area contributed by atoms with E-state index in [1.165, 1.54) is 35.6 Å². The molecule has 2 aromatic carbocycles.